The van der Waals surface area contributed by atoms with Crippen LogP contribution in [0.25, 0.3) is 0 Å². The molecule has 0 bridgehead atoms. The van der Waals surface area contributed by atoms with Crippen LogP contribution < -0.4 is 0 Å². The molecule has 9 nitrogen and oxygen atoms in total. The van der Waals surface area contributed by atoms with Crippen molar-refractivity contribution in [2.75, 3.05) is 12.4 Å². The molecule has 0 saturated carbocycles. The molecular formula is C44H54O9S2. The third-order valence-electron chi connectivity index (χ3n) is 11.3. The molecule has 2 aliphatic rings. The van der Waals surface area contributed by atoms with Gasteiger partial charge >= 0.3 is 0 Å². The largest absolute Gasteiger partial charge is 0.374 e. The minimum Gasteiger partial charge on any atom is -0.374 e. The zero-order valence-electron chi connectivity index (χ0n) is 32.5. The second-order valence-electron chi connectivity index (χ2n) is 15.3. The van der Waals surface area contributed by atoms with E-state index < -0.39 is 67.3 Å². The van der Waals surface area contributed by atoms with Gasteiger partial charge in [0.05, 0.1) is 53.7 Å². The van der Waals surface area contributed by atoms with E-state index in [0.717, 1.165) is 22.3 Å². The standard InChI is InChI=1S/C44H54O9S2/c1-29-17-21-37(22-18-29)54(45,46)28-40-33(5)43(55(47,48)38-23-19-30(2)20-24-38)42(50-26-36-15-11-8-12-16-36)44(52-40)53-41-32(4)31(3)34(6)51-39(41)27-49-25-35-13-9-7-10-14-35/h7-24,31-34,39-44H,25-28H2,1-6H3/t31?,32-,33-,34+,39?,40?,41+,42?,43+,44+/m1/s1. The smallest absolute Gasteiger partial charge is 0.185 e. The second kappa shape index (κ2) is 17.8. The molecule has 2 saturated heterocycles. The normalized spacial score (nSPS) is 28.8. The van der Waals surface area contributed by atoms with Crippen molar-refractivity contribution in [3.8, 4) is 0 Å². The lowest BCUT2D eigenvalue weighted by atomic mass is 9.81. The van der Waals surface area contributed by atoms with Crippen LogP contribution in [0.5, 0.6) is 0 Å². The Labute approximate surface area is 327 Å². The summed E-state index contributed by atoms with van der Waals surface area (Å²) >= 11 is 0. The van der Waals surface area contributed by atoms with Crippen LogP contribution in [0, 0.1) is 31.6 Å². The summed E-state index contributed by atoms with van der Waals surface area (Å²) in [7, 11) is -8.06. The van der Waals surface area contributed by atoms with Gasteiger partial charge in [0.25, 0.3) is 0 Å². The second-order valence-corrected chi connectivity index (χ2v) is 19.4. The number of aryl methyl sites for hydroxylation is 2. The maximum absolute atomic E-state index is 14.9. The van der Waals surface area contributed by atoms with Crippen LogP contribution in [0.1, 0.15) is 49.9 Å². The van der Waals surface area contributed by atoms with Gasteiger partial charge in [-0.05, 0) is 68.0 Å². The molecule has 11 heteroatoms. The molecule has 4 aromatic rings. The van der Waals surface area contributed by atoms with E-state index in [0.29, 0.717) is 6.61 Å². The first-order valence-corrected chi connectivity index (χ1v) is 22.3. The molecule has 0 radical (unpaired) electrons. The highest BCUT2D eigenvalue weighted by molar-refractivity contribution is 7.92. The molecule has 2 heterocycles. The van der Waals surface area contributed by atoms with E-state index >= 15 is 0 Å². The van der Waals surface area contributed by atoms with Crippen LogP contribution in [-0.4, -0.2) is 71.3 Å². The van der Waals surface area contributed by atoms with Crippen LogP contribution in [0.3, 0.4) is 0 Å². The molecule has 0 aliphatic carbocycles. The topological polar surface area (TPSA) is 114 Å². The van der Waals surface area contributed by atoms with E-state index in [-0.39, 0.29) is 40.9 Å². The van der Waals surface area contributed by atoms with Gasteiger partial charge in [-0.3, -0.25) is 0 Å². The first kappa shape index (κ1) is 41.2. The van der Waals surface area contributed by atoms with E-state index in [4.69, 9.17) is 23.7 Å². The van der Waals surface area contributed by atoms with Gasteiger partial charge in [-0.2, -0.15) is 0 Å². The SMILES string of the molecule is Cc1ccc(S(=O)(=O)CC2O[C@@H](O[C@@H]3C(COCc4ccccc4)O[C@@H](C)C(C)[C@H]3C)C(OCc3ccccc3)[C@@H](S(=O)(=O)c3ccc(C)cc3)[C@@H]2C)cc1. The fraction of sp³-hybridized carbons (Fsp3) is 0.455. The fourth-order valence-electron chi connectivity index (χ4n) is 7.59. The molecule has 6 rings (SSSR count). The van der Waals surface area contributed by atoms with E-state index in [1.165, 1.54) is 0 Å². The Kier molecular flexibility index (Phi) is 13.3. The van der Waals surface area contributed by atoms with Crippen LogP contribution in [0.2, 0.25) is 0 Å². The Morgan fingerprint density at radius 1 is 0.582 bits per heavy atom. The Hall–Kier alpha value is -3.42. The molecule has 2 aliphatic heterocycles. The maximum Gasteiger partial charge on any atom is 0.185 e. The summed E-state index contributed by atoms with van der Waals surface area (Å²) in [4.78, 5) is 0.257. The predicted octanol–water partition coefficient (Wildman–Crippen LogP) is 7.53. The van der Waals surface area contributed by atoms with Gasteiger partial charge in [0.15, 0.2) is 26.0 Å². The summed E-state index contributed by atoms with van der Waals surface area (Å²) in [6.45, 7) is 12.4. The van der Waals surface area contributed by atoms with Crippen molar-refractivity contribution >= 4 is 19.7 Å². The summed E-state index contributed by atoms with van der Waals surface area (Å²) in [6, 6.07) is 32.7. The van der Waals surface area contributed by atoms with Crippen LogP contribution in [-0.2, 0) is 56.6 Å². The number of rotatable bonds is 14. The molecule has 0 aromatic heterocycles. The highest BCUT2D eigenvalue weighted by atomic mass is 32.2. The van der Waals surface area contributed by atoms with Gasteiger partial charge in [0.1, 0.15) is 17.5 Å². The molecule has 4 aromatic carbocycles. The zero-order valence-corrected chi connectivity index (χ0v) is 34.1. The molecule has 10 atom stereocenters. The van der Waals surface area contributed by atoms with Crippen molar-refractivity contribution in [2.24, 2.45) is 17.8 Å². The van der Waals surface area contributed by atoms with Crippen molar-refractivity contribution in [1.82, 2.24) is 0 Å². The molecule has 0 amide bonds. The molecule has 2 fully saturated rings. The van der Waals surface area contributed by atoms with Crippen molar-refractivity contribution in [2.45, 2.75) is 107 Å². The Morgan fingerprint density at radius 2 is 1.13 bits per heavy atom. The molecule has 55 heavy (non-hydrogen) atoms. The lowest BCUT2D eigenvalue weighted by Gasteiger charge is -2.49. The molecule has 296 valence electrons. The van der Waals surface area contributed by atoms with Gasteiger partial charge in [0, 0.05) is 5.92 Å². The first-order chi connectivity index (χ1) is 26.2. The van der Waals surface area contributed by atoms with Crippen LogP contribution in [0.15, 0.2) is 119 Å². The fourth-order valence-corrected chi connectivity index (χ4v) is 11.3. The van der Waals surface area contributed by atoms with Gasteiger partial charge in [-0.15, -0.1) is 0 Å². The molecular weight excluding hydrogens is 737 g/mol. The van der Waals surface area contributed by atoms with Gasteiger partial charge in [-0.1, -0.05) is 117 Å². The van der Waals surface area contributed by atoms with Gasteiger partial charge < -0.3 is 23.7 Å². The van der Waals surface area contributed by atoms with Crippen molar-refractivity contribution in [1.29, 1.82) is 0 Å². The maximum atomic E-state index is 14.9. The summed E-state index contributed by atoms with van der Waals surface area (Å²) in [5.74, 6) is -1.24. The molecule has 0 spiro atoms. The predicted molar refractivity (Wildman–Crippen MR) is 212 cm³/mol. The van der Waals surface area contributed by atoms with Gasteiger partial charge in [-0.25, -0.2) is 16.8 Å². The summed E-state index contributed by atoms with van der Waals surface area (Å²) in [5, 5.41) is -1.22. The average Bonchev–Trinajstić information content (AvgIpc) is 3.16. The number of benzene rings is 4. The first-order valence-electron chi connectivity index (χ1n) is 19.1. The molecule has 0 N–H and O–H groups in total. The van der Waals surface area contributed by atoms with E-state index in [9.17, 15) is 16.8 Å². The number of ether oxygens (including phenoxy) is 5. The minimum atomic E-state index is -4.14. The van der Waals surface area contributed by atoms with E-state index in [1.807, 2.05) is 81.4 Å². The van der Waals surface area contributed by atoms with Gasteiger partial charge in [0.2, 0.25) is 0 Å². The third kappa shape index (κ3) is 9.76. The molecule has 4 unspecified atom stereocenters. The van der Waals surface area contributed by atoms with E-state index in [1.54, 1.807) is 55.5 Å². The zero-order chi connectivity index (χ0) is 39.3. The quantitative estimate of drug-likeness (QED) is 0.128. The number of hydrogen-bond donors (Lipinski definition) is 0. The Balaban J connectivity index is 1.39. The van der Waals surface area contributed by atoms with Crippen LogP contribution >= 0.6 is 0 Å². The van der Waals surface area contributed by atoms with Crippen molar-refractivity contribution in [3.05, 3.63) is 131 Å². The Bertz CT molecular complexity index is 2040. The highest BCUT2D eigenvalue weighted by Gasteiger charge is 2.54. The Morgan fingerprint density at radius 3 is 1.71 bits per heavy atom. The summed E-state index contributed by atoms with van der Waals surface area (Å²) in [6.07, 6.45) is -4.67. The number of hydrogen-bond acceptors (Lipinski definition) is 9. The third-order valence-corrected chi connectivity index (χ3v) is 15.4. The van der Waals surface area contributed by atoms with Crippen molar-refractivity contribution in [3.63, 3.8) is 0 Å². The monoisotopic (exact) mass is 790 g/mol. The lowest BCUT2D eigenvalue weighted by molar-refractivity contribution is -0.308. The van der Waals surface area contributed by atoms with Crippen LogP contribution in [0.4, 0.5) is 0 Å². The van der Waals surface area contributed by atoms with Crippen molar-refractivity contribution < 1.29 is 40.5 Å². The average molecular weight is 791 g/mol. The highest BCUT2D eigenvalue weighted by Crippen LogP contribution is 2.41. The minimum absolute atomic E-state index is 0.0614. The van der Waals surface area contributed by atoms with E-state index in [2.05, 4.69) is 13.8 Å². The number of sulfone groups is 2. The summed E-state index contributed by atoms with van der Waals surface area (Å²) in [5.41, 5.74) is 3.70. The summed E-state index contributed by atoms with van der Waals surface area (Å²) < 4.78 is 90.8. The lowest BCUT2D eigenvalue weighted by Crippen LogP contribution is -2.62.